The van der Waals surface area contributed by atoms with Crippen molar-refractivity contribution in [2.24, 2.45) is 0 Å². The van der Waals surface area contributed by atoms with E-state index in [9.17, 15) is 9.18 Å². The second-order valence-electron chi connectivity index (χ2n) is 9.66. The van der Waals surface area contributed by atoms with E-state index in [1.165, 1.54) is 17.7 Å². The summed E-state index contributed by atoms with van der Waals surface area (Å²) in [5.74, 6) is 0.585. The average molecular weight is 506 g/mol. The number of hydrogen-bond donors (Lipinski definition) is 1. The summed E-state index contributed by atoms with van der Waals surface area (Å²) in [5.41, 5.74) is 6.67. The molecule has 1 aliphatic heterocycles. The third-order valence-electron chi connectivity index (χ3n) is 7.10. The van der Waals surface area contributed by atoms with Crippen molar-refractivity contribution in [2.75, 3.05) is 0 Å². The Labute approximate surface area is 221 Å². The fourth-order valence-corrected chi connectivity index (χ4v) is 5.13. The highest BCUT2D eigenvalue weighted by atomic mass is 19.1. The molecule has 3 heterocycles. The number of para-hydroxylation sites is 1. The van der Waals surface area contributed by atoms with Crippen molar-refractivity contribution < 1.29 is 9.18 Å². The molecule has 190 valence electrons. The summed E-state index contributed by atoms with van der Waals surface area (Å²) in [7, 11) is 0. The lowest BCUT2D eigenvalue weighted by molar-refractivity contribution is 0.180. The van der Waals surface area contributed by atoms with Gasteiger partial charge in [-0.25, -0.2) is 13.9 Å². The van der Waals surface area contributed by atoms with E-state index in [2.05, 4.69) is 9.88 Å². The summed E-state index contributed by atoms with van der Waals surface area (Å²) in [5, 5.41) is 7.99. The zero-order valence-corrected chi connectivity index (χ0v) is 21.3. The minimum atomic E-state index is -0.431. The molecule has 3 aromatic carbocycles. The molecule has 0 radical (unpaired) electrons. The van der Waals surface area contributed by atoms with E-state index in [1.807, 2.05) is 96.4 Å². The molecule has 38 heavy (non-hydrogen) atoms. The van der Waals surface area contributed by atoms with Gasteiger partial charge in [0.05, 0.1) is 29.7 Å². The van der Waals surface area contributed by atoms with Crippen LogP contribution in [0.1, 0.15) is 39.7 Å². The van der Waals surface area contributed by atoms with Crippen LogP contribution in [0.5, 0.6) is 0 Å². The number of rotatable bonds is 4. The smallest absolute Gasteiger partial charge is 0.318 e. The molecule has 0 fully saturated rings. The van der Waals surface area contributed by atoms with Crippen molar-refractivity contribution in [1.82, 2.24) is 24.6 Å². The van der Waals surface area contributed by atoms with Gasteiger partial charge >= 0.3 is 6.03 Å². The molecule has 1 N–H and O–H groups in total. The van der Waals surface area contributed by atoms with Gasteiger partial charge in [0.15, 0.2) is 0 Å². The molecule has 1 atom stereocenters. The van der Waals surface area contributed by atoms with Gasteiger partial charge in [0.2, 0.25) is 0 Å². The number of nitrogens with zero attached hydrogens (tertiary/aromatic N) is 4. The van der Waals surface area contributed by atoms with Crippen LogP contribution >= 0.6 is 0 Å². The lowest BCUT2D eigenvalue weighted by Crippen LogP contribution is -2.41. The van der Waals surface area contributed by atoms with Crippen molar-refractivity contribution in [3.63, 3.8) is 0 Å². The SMILES string of the molecule is Cc1ccc(CNC(=O)N2Cc3c(C)nn(-c4ccccc4)c3-n3cccc3[C@H]2c2ccc(F)cc2)cc1. The average Bonchev–Trinajstić information content (AvgIpc) is 3.50. The van der Waals surface area contributed by atoms with Gasteiger partial charge in [0.25, 0.3) is 0 Å². The number of urea groups is 1. The molecule has 0 aliphatic carbocycles. The number of carbonyl (C=O) groups is 1. The minimum absolute atomic E-state index is 0.202. The van der Waals surface area contributed by atoms with Gasteiger partial charge in [0, 0.05) is 18.3 Å². The zero-order valence-electron chi connectivity index (χ0n) is 21.3. The summed E-state index contributed by atoms with van der Waals surface area (Å²) in [6.45, 7) is 4.76. The first-order valence-corrected chi connectivity index (χ1v) is 12.7. The van der Waals surface area contributed by atoms with E-state index in [-0.39, 0.29) is 11.8 Å². The Morgan fingerprint density at radius 3 is 2.42 bits per heavy atom. The van der Waals surface area contributed by atoms with Crippen LogP contribution in [0, 0.1) is 19.7 Å². The predicted octanol–water partition coefficient (Wildman–Crippen LogP) is 6.23. The summed E-state index contributed by atoms with van der Waals surface area (Å²) in [4.78, 5) is 15.7. The number of amides is 2. The summed E-state index contributed by atoms with van der Waals surface area (Å²) < 4.78 is 17.9. The number of aryl methyl sites for hydroxylation is 2. The summed E-state index contributed by atoms with van der Waals surface area (Å²) in [6.07, 6.45) is 2.00. The van der Waals surface area contributed by atoms with E-state index in [0.717, 1.165) is 39.6 Å². The minimum Gasteiger partial charge on any atom is -0.334 e. The van der Waals surface area contributed by atoms with E-state index in [0.29, 0.717) is 13.1 Å². The first-order chi connectivity index (χ1) is 18.5. The number of benzene rings is 3. The number of carbonyl (C=O) groups excluding carboxylic acids is 1. The Morgan fingerprint density at radius 1 is 0.947 bits per heavy atom. The Kier molecular flexibility index (Phi) is 6.04. The first kappa shape index (κ1) is 23.7. The monoisotopic (exact) mass is 505 g/mol. The van der Waals surface area contributed by atoms with Crippen LogP contribution in [-0.2, 0) is 13.1 Å². The molecule has 0 bridgehead atoms. The second kappa shape index (κ2) is 9.67. The quantitative estimate of drug-likeness (QED) is 0.315. The van der Waals surface area contributed by atoms with Crippen LogP contribution in [0.15, 0.2) is 97.2 Å². The maximum absolute atomic E-state index is 13.9. The number of hydrogen-bond acceptors (Lipinski definition) is 2. The molecule has 2 amide bonds. The van der Waals surface area contributed by atoms with Gasteiger partial charge in [-0.05, 0) is 61.4 Å². The second-order valence-corrected chi connectivity index (χ2v) is 9.66. The molecule has 6 nitrogen and oxygen atoms in total. The fourth-order valence-electron chi connectivity index (χ4n) is 5.13. The third kappa shape index (κ3) is 4.26. The van der Waals surface area contributed by atoms with E-state index in [4.69, 9.17) is 5.10 Å². The van der Waals surface area contributed by atoms with Crippen molar-refractivity contribution in [3.05, 3.63) is 137 Å². The Hall–Kier alpha value is -4.65. The molecule has 2 aromatic heterocycles. The molecule has 0 spiro atoms. The molecular formula is C31H28FN5O. The van der Waals surface area contributed by atoms with Crippen molar-refractivity contribution >= 4 is 6.03 Å². The standard InChI is InChI=1S/C31H28FN5O/c1-21-10-12-23(13-11-21)19-33-31(38)36-20-27-22(2)34-37(26-7-4-3-5-8-26)30(27)35-18-6-9-28(35)29(36)24-14-16-25(32)17-15-24/h3-18,29H,19-20H2,1-2H3,(H,33,38)/t29-/m1/s1. The zero-order chi connectivity index (χ0) is 26.2. The normalized spacial score (nSPS) is 14.5. The predicted molar refractivity (Wildman–Crippen MR) is 145 cm³/mol. The number of aromatic nitrogens is 3. The molecule has 6 rings (SSSR count). The summed E-state index contributed by atoms with van der Waals surface area (Å²) >= 11 is 0. The first-order valence-electron chi connectivity index (χ1n) is 12.7. The lowest BCUT2D eigenvalue weighted by atomic mass is 10.0. The third-order valence-corrected chi connectivity index (χ3v) is 7.10. The lowest BCUT2D eigenvalue weighted by Gasteiger charge is -2.31. The number of halogens is 1. The Morgan fingerprint density at radius 2 is 1.68 bits per heavy atom. The largest absolute Gasteiger partial charge is 0.334 e. The van der Waals surface area contributed by atoms with Gasteiger partial charge in [0.1, 0.15) is 11.6 Å². The van der Waals surface area contributed by atoms with Crippen LogP contribution in [0.25, 0.3) is 11.5 Å². The highest BCUT2D eigenvalue weighted by molar-refractivity contribution is 5.76. The van der Waals surface area contributed by atoms with Gasteiger partial charge in [-0.3, -0.25) is 0 Å². The highest BCUT2D eigenvalue weighted by Gasteiger charge is 2.35. The molecule has 5 aromatic rings. The number of nitrogens with one attached hydrogen (secondary N) is 1. The van der Waals surface area contributed by atoms with Gasteiger partial charge < -0.3 is 14.8 Å². The van der Waals surface area contributed by atoms with Crippen molar-refractivity contribution in [3.8, 4) is 11.5 Å². The van der Waals surface area contributed by atoms with Gasteiger partial charge in [-0.1, -0.05) is 60.2 Å². The maximum Gasteiger partial charge on any atom is 0.318 e. The van der Waals surface area contributed by atoms with Crippen LogP contribution < -0.4 is 5.32 Å². The van der Waals surface area contributed by atoms with Crippen molar-refractivity contribution in [2.45, 2.75) is 33.0 Å². The fraction of sp³-hybridized carbons (Fsp3) is 0.161. The molecule has 0 saturated carbocycles. The molecule has 7 heteroatoms. The van der Waals surface area contributed by atoms with Crippen LogP contribution in [0.4, 0.5) is 9.18 Å². The molecule has 1 aliphatic rings. The summed E-state index contributed by atoms with van der Waals surface area (Å²) in [6, 6.07) is 27.8. The Bertz CT molecular complexity index is 1590. The molecule has 0 unspecified atom stereocenters. The Balaban J connectivity index is 1.47. The van der Waals surface area contributed by atoms with Gasteiger partial charge in [-0.2, -0.15) is 5.10 Å². The van der Waals surface area contributed by atoms with E-state index in [1.54, 1.807) is 12.1 Å². The van der Waals surface area contributed by atoms with Crippen molar-refractivity contribution in [1.29, 1.82) is 0 Å². The maximum atomic E-state index is 13.9. The molecule has 0 saturated heterocycles. The van der Waals surface area contributed by atoms with Gasteiger partial charge in [-0.15, -0.1) is 0 Å². The molecular weight excluding hydrogens is 477 g/mol. The number of fused-ring (bicyclic) bond motifs is 3. The van der Waals surface area contributed by atoms with E-state index < -0.39 is 6.04 Å². The highest BCUT2D eigenvalue weighted by Crippen LogP contribution is 2.38. The van der Waals surface area contributed by atoms with Crippen LogP contribution in [-0.4, -0.2) is 25.3 Å². The topological polar surface area (TPSA) is 55.1 Å². The van der Waals surface area contributed by atoms with Crippen LogP contribution in [0.2, 0.25) is 0 Å². The van der Waals surface area contributed by atoms with E-state index >= 15 is 0 Å². The van der Waals surface area contributed by atoms with Crippen LogP contribution in [0.3, 0.4) is 0 Å².